The lowest BCUT2D eigenvalue weighted by atomic mass is 9.92. The van der Waals surface area contributed by atoms with E-state index in [-0.39, 0.29) is 23.7 Å². The van der Waals surface area contributed by atoms with Gasteiger partial charge >= 0.3 is 0 Å². The van der Waals surface area contributed by atoms with Crippen LogP contribution in [0.5, 0.6) is 0 Å². The highest BCUT2D eigenvalue weighted by Gasteiger charge is 2.40. The van der Waals surface area contributed by atoms with Gasteiger partial charge in [0.2, 0.25) is 0 Å². The molecule has 0 aromatic heterocycles. The van der Waals surface area contributed by atoms with E-state index >= 15 is 0 Å². The number of alkyl halides is 1. The Kier molecular flexibility index (Phi) is 9.61. The van der Waals surface area contributed by atoms with Crippen molar-refractivity contribution >= 4 is 15.9 Å². The molecule has 0 bridgehead atoms. The molecule has 0 spiro atoms. The molecule has 0 aromatic carbocycles. The summed E-state index contributed by atoms with van der Waals surface area (Å²) >= 11 is 3.61. The van der Waals surface area contributed by atoms with E-state index in [1.807, 2.05) is 41.5 Å². The molecule has 3 aliphatic rings. The number of hydrogen-bond donors (Lipinski definition) is 0. The lowest BCUT2D eigenvalue weighted by molar-refractivity contribution is -0.289. The van der Waals surface area contributed by atoms with Crippen LogP contribution in [-0.2, 0) is 42.6 Å². The zero-order valence-electron chi connectivity index (χ0n) is 20.9. The zero-order valence-corrected chi connectivity index (χ0v) is 22.4. The molecule has 0 N–H and O–H groups in total. The van der Waals surface area contributed by atoms with Crippen molar-refractivity contribution in [1.29, 1.82) is 0 Å². The van der Waals surface area contributed by atoms with Crippen molar-refractivity contribution in [3.8, 4) is 0 Å². The molecule has 3 heterocycles. The highest BCUT2D eigenvalue weighted by molar-refractivity contribution is 9.09. The van der Waals surface area contributed by atoms with Gasteiger partial charge in [0.25, 0.3) is 0 Å². The molecule has 33 heavy (non-hydrogen) atoms. The predicted octanol–water partition coefficient (Wildman–Crippen LogP) is 2.87. The van der Waals surface area contributed by atoms with E-state index in [2.05, 4.69) is 15.9 Å². The van der Waals surface area contributed by atoms with Crippen LogP contribution in [0.1, 0.15) is 41.5 Å². The van der Waals surface area contributed by atoms with Crippen LogP contribution in [-0.4, -0.2) is 100 Å². The fourth-order valence-corrected chi connectivity index (χ4v) is 4.21. The summed E-state index contributed by atoms with van der Waals surface area (Å²) in [5.74, 6) is -1.71. The van der Waals surface area contributed by atoms with Gasteiger partial charge in [0.05, 0.1) is 64.9 Å². The van der Waals surface area contributed by atoms with Crippen LogP contribution >= 0.6 is 15.9 Å². The minimum absolute atomic E-state index is 0.0934. The van der Waals surface area contributed by atoms with E-state index < -0.39 is 17.4 Å². The van der Waals surface area contributed by atoms with Gasteiger partial charge in [-0.2, -0.15) is 0 Å². The third kappa shape index (κ3) is 8.93. The van der Waals surface area contributed by atoms with E-state index in [0.717, 1.165) is 0 Å². The Balaban J connectivity index is 1.47. The van der Waals surface area contributed by atoms with Gasteiger partial charge in [-0.25, -0.2) is 0 Å². The molecule has 0 aromatic rings. The zero-order chi connectivity index (χ0) is 24.2. The van der Waals surface area contributed by atoms with Crippen molar-refractivity contribution in [2.45, 2.75) is 77.2 Å². The maximum atomic E-state index is 6.27. The van der Waals surface area contributed by atoms with E-state index in [4.69, 9.17) is 42.6 Å². The number of hydrogen-bond acceptors (Lipinski definition) is 9. The van der Waals surface area contributed by atoms with Crippen molar-refractivity contribution in [3.05, 3.63) is 0 Å². The highest BCUT2D eigenvalue weighted by Crippen LogP contribution is 2.32. The second-order valence-electron chi connectivity index (χ2n) is 10.5. The first-order valence-corrected chi connectivity index (χ1v) is 12.8. The summed E-state index contributed by atoms with van der Waals surface area (Å²) in [6, 6.07) is 0. The van der Waals surface area contributed by atoms with Gasteiger partial charge in [-0.15, -0.1) is 0 Å². The van der Waals surface area contributed by atoms with Crippen LogP contribution in [0.2, 0.25) is 0 Å². The fourth-order valence-electron chi connectivity index (χ4n) is 3.73. The molecule has 2 unspecified atom stereocenters. The third-order valence-corrected chi connectivity index (χ3v) is 6.90. The van der Waals surface area contributed by atoms with Crippen molar-refractivity contribution in [2.75, 3.05) is 64.8 Å². The second kappa shape index (κ2) is 11.5. The van der Waals surface area contributed by atoms with Gasteiger partial charge in [-0.1, -0.05) is 15.9 Å². The molecule has 3 aliphatic heterocycles. The first-order chi connectivity index (χ1) is 15.4. The van der Waals surface area contributed by atoms with Crippen LogP contribution in [0.15, 0.2) is 0 Å². The molecule has 194 valence electrons. The summed E-state index contributed by atoms with van der Waals surface area (Å²) in [5, 5.41) is 0.704. The van der Waals surface area contributed by atoms with Gasteiger partial charge < -0.3 is 42.6 Å². The van der Waals surface area contributed by atoms with Crippen molar-refractivity contribution in [3.63, 3.8) is 0 Å². The predicted molar refractivity (Wildman–Crippen MR) is 123 cm³/mol. The highest BCUT2D eigenvalue weighted by atomic mass is 79.9. The SMILES string of the molecule is CC1(C)OCC(CBr)(COC(COCC2COC(C)(C)O2)COCC2COC(C)(C)O2)CO1. The molecule has 3 fully saturated rings. The van der Waals surface area contributed by atoms with E-state index in [1.54, 1.807) is 0 Å². The molecule has 0 aliphatic carbocycles. The summed E-state index contributed by atoms with van der Waals surface area (Å²) in [5.41, 5.74) is -0.271. The van der Waals surface area contributed by atoms with Gasteiger partial charge in [0, 0.05) is 5.33 Å². The number of halogens is 1. The van der Waals surface area contributed by atoms with E-state index in [9.17, 15) is 0 Å². The Morgan fingerprint density at radius 2 is 1.24 bits per heavy atom. The lowest BCUT2D eigenvalue weighted by Crippen LogP contribution is -2.50. The van der Waals surface area contributed by atoms with Crippen molar-refractivity contribution in [1.82, 2.24) is 0 Å². The van der Waals surface area contributed by atoms with Crippen LogP contribution < -0.4 is 0 Å². The Morgan fingerprint density at radius 1 is 0.758 bits per heavy atom. The van der Waals surface area contributed by atoms with Gasteiger partial charge in [-0.3, -0.25) is 0 Å². The van der Waals surface area contributed by atoms with Gasteiger partial charge in [0.15, 0.2) is 17.4 Å². The Bertz CT molecular complexity index is 571. The molecule has 9 nitrogen and oxygen atoms in total. The van der Waals surface area contributed by atoms with Crippen LogP contribution in [0.25, 0.3) is 0 Å². The van der Waals surface area contributed by atoms with Crippen LogP contribution in [0, 0.1) is 5.41 Å². The smallest absolute Gasteiger partial charge is 0.163 e. The molecule has 2 atom stereocenters. The summed E-state index contributed by atoms with van der Waals surface area (Å²) in [4.78, 5) is 0. The normalized spacial score (nSPS) is 31.0. The standard InChI is InChI=1S/C23H41BrO9/c1-20(2)30-15-23(13-24,16-31-20)14-27-17(7-25-9-18-11-28-21(3,4)32-18)8-26-10-19-12-29-22(5,6)33-19/h17-19H,7-16H2,1-6H3. The minimum atomic E-state index is -0.578. The third-order valence-electron chi connectivity index (χ3n) is 5.71. The van der Waals surface area contributed by atoms with E-state index in [1.165, 1.54) is 0 Å². The average Bonchev–Trinajstić information content (AvgIpc) is 3.27. The molecular formula is C23H41BrO9. The topological polar surface area (TPSA) is 83.1 Å². The molecular weight excluding hydrogens is 500 g/mol. The quantitative estimate of drug-likeness (QED) is 0.347. The fraction of sp³-hybridized carbons (Fsp3) is 1.00. The Hall–Kier alpha value is 0.120. The largest absolute Gasteiger partial charge is 0.376 e. The molecule has 3 saturated heterocycles. The van der Waals surface area contributed by atoms with Gasteiger partial charge in [-0.05, 0) is 41.5 Å². The molecule has 3 rings (SSSR count). The van der Waals surface area contributed by atoms with Crippen molar-refractivity contribution < 1.29 is 42.6 Å². The van der Waals surface area contributed by atoms with E-state index in [0.29, 0.717) is 64.8 Å². The Morgan fingerprint density at radius 3 is 1.64 bits per heavy atom. The van der Waals surface area contributed by atoms with Gasteiger partial charge in [0.1, 0.15) is 18.3 Å². The van der Waals surface area contributed by atoms with Crippen LogP contribution in [0.3, 0.4) is 0 Å². The average molecular weight is 541 g/mol. The molecule has 0 radical (unpaired) electrons. The Labute approximate surface area is 206 Å². The van der Waals surface area contributed by atoms with Crippen LogP contribution in [0.4, 0.5) is 0 Å². The molecule has 0 saturated carbocycles. The van der Waals surface area contributed by atoms with Crippen molar-refractivity contribution in [2.24, 2.45) is 5.41 Å². The molecule has 10 heteroatoms. The monoisotopic (exact) mass is 540 g/mol. The second-order valence-corrected chi connectivity index (χ2v) is 11.1. The lowest BCUT2D eigenvalue weighted by Gasteiger charge is -2.42. The first kappa shape index (κ1) is 27.7. The minimum Gasteiger partial charge on any atom is -0.376 e. The maximum Gasteiger partial charge on any atom is 0.163 e. The maximum absolute atomic E-state index is 6.27. The number of ether oxygens (including phenoxy) is 9. The summed E-state index contributed by atoms with van der Waals surface area (Å²) in [6.07, 6.45) is -0.449. The first-order valence-electron chi connectivity index (χ1n) is 11.7. The summed E-state index contributed by atoms with van der Waals surface area (Å²) in [6.45, 7) is 15.6. The number of rotatable bonds is 12. The summed E-state index contributed by atoms with van der Waals surface area (Å²) in [7, 11) is 0. The molecule has 0 amide bonds. The summed E-state index contributed by atoms with van der Waals surface area (Å²) < 4.78 is 52.7.